The summed E-state index contributed by atoms with van der Waals surface area (Å²) < 4.78 is 7.99. The number of hydrogen-bond donors (Lipinski definition) is 0. The Hall–Kier alpha value is -1.66. The van der Waals surface area contributed by atoms with Crippen molar-refractivity contribution in [1.82, 2.24) is 19.8 Å². The van der Waals surface area contributed by atoms with Gasteiger partial charge in [0.1, 0.15) is 5.75 Å². The zero-order valence-corrected chi connectivity index (χ0v) is 14.0. The fourth-order valence-corrected chi connectivity index (χ4v) is 2.67. The van der Waals surface area contributed by atoms with E-state index in [1.165, 1.54) is 0 Å². The van der Waals surface area contributed by atoms with Gasteiger partial charge in [-0.15, -0.1) is 10.2 Å². The van der Waals surface area contributed by atoms with Crippen LogP contribution in [-0.2, 0) is 0 Å². The monoisotopic (exact) mass is 366 g/mol. The van der Waals surface area contributed by atoms with E-state index in [2.05, 4.69) is 31.2 Å². The summed E-state index contributed by atoms with van der Waals surface area (Å²) in [5.74, 6) is 1.29. The zero-order valence-electron chi connectivity index (χ0n) is 11.7. The average molecular weight is 368 g/mol. The van der Waals surface area contributed by atoms with Crippen molar-refractivity contribution < 1.29 is 4.74 Å². The summed E-state index contributed by atoms with van der Waals surface area (Å²) in [6.07, 6.45) is 0. The SMILES string of the molecule is COc1cc(Br)ccc1-c1nnc2c(C)c(C)c(Cl)nn12. The van der Waals surface area contributed by atoms with Crippen molar-refractivity contribution >= 4 is 33.2 Å². The first-order valence-electron chi connectivity index (χ1n) is 6.25. The van der Waals surface area contributed by atoms with Gasteiger partial charge in [0.05, 0.1) is 12.7 Å². The smallest absolute Gasteiger partial charge is 0.189 e. The molecule has 3 rings (SSSR count). The standard InChI is InChI=1S/C14H12BrClN4O/c1-7-8(2)13-17-18-14(20(13)19-12(7)16)10-5-4-9(15)6-11(10)21-3/h4-6H,1-3H3. The topological polar surface area (TPSA) is 52.3 Å². The molecule has 3 aromatic rings. The summed E-state index contributed by atoms with van der Waals surface area (Å²) in [4.78, 5) is 0. The van der Waals surface area contributed by atoms with Gasteiger partial charge < -0.3 is 4.74 Å². The summed E-state index contributed by atoms with van der Waals surface area (Å²) >= 11 is 9.61. The summed E-state index contributed by atoms with van der Waals surface area (Å²) in [6, 6.07) is 5.70. The molecule has 2 heterocycles. The van der Waals surface area contributed by atoms with Crippen LogP contribution in [0.2, 0.25) is 5.15 Å². The van der Waals surface area contributed by atoms with Crippen molar-refractivity contribution in [2.45, 2.75) is 13.8 Å². The van der Waals surface area contributed by atoms with E-state index in [9.17, 15) is 0 Å². The van der Waals surface area contributed by atoms with Crippen molar-refractivity contribution in [3.8, 4) is 17.1 Å². The van der Waals surface area contributed by atoms with Gasteiger partial charge in [-0.1, -0.05) is 27.5 Å². The molecule has 108 valence electrons. The van der Waals surface area contributed by atoms with Gasteiger partial charge in [-0.3, -0.25) is 0 Å². The lowest BCUT2D eigenvalue weighted by atomic mass is 10.2. The van der Waals surface area contributed by atoms with Crippen LogP contribution in [0, 0.1) is 13.8 Å². The fourth-order valence-electron chi connectivity index (χ4n) is 2.11. The highest BCUT2D eigenvalue weighted by Gasteiger charge is 2.17. The van der Waals surface area contributed by atoms with Gasteiger partial charge in [-0.25, -0.2) is 0 Å². The molecule has 0 bridgehead atoms. The van der Waals surface area contributed by atoms with Crippen LogP contribution in [-0.4, -0.2) is 26.9 Å². The van der Waals surface area contributed by atoms with Gasteiger partial charge in [0.15, 0.2) is 16.6 Å². The number of nitrogens with zero attached hydrogens (tertiary/aromatic N) is 4. The predicted octanol–water partition coefficient (Wildman–Crippen LogP) is 3.83. The Morgan fingerprint density at radius 2 is 1.95 bits per heavy atom. The summed E-state index contributed by atoms with van der Waals surface area (Å²) in [6.45, 7) is 3.87. The summed E-state index contributed by atoms with van der Waals surface area (Å²) in [5.41, 5.74) is 3.37. The maximum atomic E-state index is 6.18. The van der Waals surface area contributed by atoms with Gasteiger partial charge in [-0.05, 0) is 37.6 Å². The number of ether oxygens (including phenoxy) is 1. The molecule has 0 radical (unpaired) electrons. The molecular weight excluding hydrogens is 356 g/mol. The molecule has 5 nitrogen and oxygen atoms in total. The first-order valence-corrected chi connectivity index (χ1v) is 7.42. The molecule has 1 aromatic carbocycles. The van der Waals surface area contributed by atoms with Crippen LogP contribution in [0.15, 0.2) is 22.7 Å². The number of halogens is 2. The van der Waals surface area contributed by atoms with E-state index < -0.39 is 0 Å². The number of aryl methyl sites for hydroxylation is 1. The second-order valence-electron chi connectivity index (χ2n) is 4.64. The number of methoxy groups -OCH3 is 1. The largest absolute Gasteiger partial charge is 0.496 e. The molecule has 0 unspecified atom stereocenters. The van der Waals surface area contributed by atoms with E-state index in [1.54, 1.807) is 11.6 Å². The Kier molecular flexibility index (Phi) is 3.59. The van der Waals surface area contributed by atoms with Gasteiger partial charge >= 0.3 is 0 Å². The predicted molar refractivity (Wildman–Crippen MR) is 85.0 cm³/mol. The Morgan fingerprint density at radius 1 is 1.19 bits per heavy atom. The highest BCUT2D eigenvalue weighted by molar-refractivity contribution is 9.10. The zero-order chi connectivity index (χ0) is 15.1. The molecule has 0 fully saturated rings. The molecule has 0 aliphatic heterocycles. The number of hydrogen-bond acceptors (Lipinski definition) is 4. The molecule has 0 aliphatic rings. The van der Waals surface area contributed by atoms with Crippen LogP contribution in [0.1, 0.15) is 11.1 Å². The van der Waals surface area contributed by atoms with E-state index >= 15 is 0 Å². The van der Waals surface area contributed by atoms with Gasteiger partial charge in [-0.2, -0.15) is 9.61 Å². The second-order valence-corrected chi connectivity index (χ2v) is 5.92. The Balaban J connectivity index is 2.32. The van der Waals surface area contributed by atoms with Crippen LogP contribution in [0.3, 0.4) is 0 Å². The van der Waals surface area contributed by atoms with Crippen molar-refractivity contribution in [2.24, 2.45) is 0 Å². The van der Waals surface area contributed by atoms with Gasteiger partial charge in [0, 0.05) is 10.0 Å². The molecule has 21 heavy (non-hydrogen) atoms. The molecule has 0 amide bonds. The first kappa shape index (κ1) is 14.3. The second kappa shape index (κ2) is 5.27. The fraction of sp³-hybridized carbons (Fsp3) is 0.214. The quantitative estimate of drug-likeness (QED) is 0.691. The minimum Gasteiger partial charge on any atom is -0.496 e. The normalized spacial score (nSPS) is 11.1. The average Bonchev–Trinajstić information content (AvgIpc) is 2.88. The molecular formula is C14H12BrClN4O. The van der Waals surface area contributed by atoms with E-state index in [0.717, 1.165) is 21.2 Å². The molecule has 2 aromatic heterocycles. The minimum absolute atomic E-state index is 0.442. The molecule has 0 saturated heterocycles. The van der Waals surface area contributed by atoms with Crippen molar-refractivity contribution in [3.05, 3.63) is 39.0 Å². The molecule has 7 heteroatoms. The van der Waals surface area contributed by atoms with E-state index in [0.29, 0.717) is 22.4 Å². The van der Waals surface area contributed by atoms with Crippen molar-refractivity contribution in [3.63, 3.8) is 0 Å². The molecule has 0 aliphatic carbocycles. The Labute approximate surface area is 135 Å². The molecule has 0 saturated carbocycles. The van der Waals surface area contributed by atoms with Crippen LogP contribution in [0.4, 0.5) is 0 Å². The third-order valence-corrected chi connectivity index (χ3v) is 4.29. The minimum atomic E-state index is 0.442. The highest BCUT2D eigenvalue weighted by Crippen LogP contribution is 2.32. The first-order chi connectivity index (χ1) is 10.0. The van der Waals surface area contributed by atoms with E-state index in [4.69, 9.17) is 16.3 Å². The number of benzene rings is 1. The number of rotatable bonds is 2. The van der Waals surface area contributed by atoms with Gasteiger partial charge in [0.25, 0.3) is 0 Å². The van der Waals surface area contributed by atoms with Crippen molar-refractivity contribution in [1.29, 1.82) is 0 Å². The lowest BCUT2D eigenvalue weighted by molar-refractivity contribution is 0.415. The van der Waals surface area contributed by atoms with Crippen LogP contribution in [0.25, 0.3) is 17.0 Å². The maximum absolute atomic E-state index is 6.18. The van der Waals surface area contributed by atoms with Crippen LogP contribution >= 0.6 is 27.5 Å². The Morgan fingerprint density at radius 3 is 2.67 bits per heavy atom. The Bertz CT molecular complexity index is 847. The third kappa shape index (κ3) is 2.28. The molecule has 0 spiro atoms. The third-order valence-electron chi connectivity index (χ3n) is 3.44. The van der Waals surface area contributed by atoms with E-state index in [-0.39, 0.29) is 0 Å². The molecule has 0 N–H and O–H groups in total. The lowest BCUT2D eigenvalue weighted by Crippen LogP contribution is -2.01. The van der Waals surface area contributed by atoms with Crippen LogP contribution in [0.5, 0.6) is 5.75 Å². The highest BCUT2D eigenvalue weighted by atomic mass is 79.9. The number of fused-ring (bicyclic) bond motifs is 1. The van der Waals surface area contributed by atoms with Crippen LogP contribution < -0.4 is 4.74 Å². The maximum Gasteiger partial charge on any atom is 0.189 e. The summed E-state index contributed by atoms with van der Waals surface area (Å²) in [5, 5.41) is 13.3. The molecule has 0 atom stereocenters. The lowest BCUT2D eigenvalue weighted by Gasteiger charge is -2.08. The van der Waals surface area contributed by atoms with E-state index in [1.807, 2.05) is 32.0 Å². The summed E-state index contributed by atoms with van der Waals surface area (Å²) in [7, 11) is 1.62. The number of aromatic nitrogens is 4. The van der Waals surface area contributed by atoms with Gasteiger partial charge in [0.2, 0.25) is 0 Å². The van der Waals surface area contributed by atoms with Crippen molar-refractivity contribution in [2.75, 3.05) is 7.11 Å².